The van der Waals surface area contributed by atoms with Gasteiger partial charge in [0.1, 0.15) is 11.4 Å². The van der Waals surface area contributed by atoms with Gasteiger partial charge in [-0.15, -0.1) is 10.2 Å². The van der Waals surface area contributed by atoms with Crippen LogP contribution >= 0.6 is 11.8 Å². The summed E-state index contributed by atoms with van der Waals surface area (Å²) < 4.78 is 4.05. The number of Topliss-reactive ketones (excluding diaryl/α,β-unsaturated/α-hetero) is 1. The molecule has 0 unspecified atom stereocenters. The number of thioether (sulfide) groups is 1. The zero-order valence-electron chi connectivity index (χ0n) is 16.8. The number of nitrogens with two attached hydrogens (primary N) is 1. The van der Waals surface area contributed by atoms with Crippen molar-refractivity contribution in [3.05, 3.63) is 86.7 Å². The first kappa shape index (κ1) is 20.6. The molecule has 3 aromatic heterocycles. The number of rotatable bonds is 7. The Balaban J connectivity index is 1.69. The first-order chi connectivity index (χ1) is 15.0. The fraction of sp³-hybridized carbons (Fsp3) is 0.190. The van der Waals surface area contributed by atoms with Crippen molar-refractivity contribution in [2.45, 2.75) is 25.2 Å². The van der Waals surface area contributed by atoms with Crippen molar-refractivity contribution in [2.24, 2.45) is 0 Å². The van der Waals surface area contributed by atoms with E-state index >= 15 is 0 Å². The van der Waals surface area contributed by atoms with Crippen molar-refractivity contribution in [2.75, 3.05) is 11.5 Å². The third-order valence-corrected chi connectivity index (χ3v) is 5.80. The van der Waals surface area contributed by atoms with Gasteiger partial charge in [-0.25, -0.2) is 4.79 Å². The summed E-state index contributed by atoms with van der Waals surface area (Å²) in [5, 5.41) is 8.65. The van der Waals surface area contributed by atoms with Gasteiger partial charge in [-0.05, 0) is 24.6 Å². The Bertz CT molecular complexity index is 1370. The highest BCUT2D eigenvalue weighted by molar-refractivity contribution is 7.99. The monoisotopic (exact) mass is 436 g/mol. The minimum atomic E-state index is -0.675. The first-order valence-corrected chi connectivity index (χ1v) is 10.6. The number of aromatic nitrogens is 5. The number of anilines is 1. The molecule has 0 amide bonds. The van der Waals surface area contributed by atoms with E-state index in [1.165, 1.54) is 4.57 Å². The van der Waals surface area contributed by atoms with E-state index in [2.05, 4.69) is 10.2 Å². The van der Waals surface area contributed by atoms with Crippen molar-refractivity contribution in [1.29, 1.82) is 0 Å². The first-order valence-electron chi connectivity index (χ1n) is 9.64. The van der Waals surface area contributed by atoms with E-state index in [0.29, 0.717) is 10.8 Å². The number of pyridine rings is 1. The average molecular weight is 436 g/mol. The molecule has 0 aliphatic carbocycles. The lowest BCUT2D eigenvalue weighted by atomic mass is 10.2. The third kappa shape index (κ3) is 3.89. The van der Waals surface area contributed by atoms with E-state index in [4.69, 9.17) is 5.73 Å². The normalized spacial score (nSPS) is 11.1. The number of nitrogen functional groups attached to an aromatic ring is 1. The predicted octanol–water partition coefficient (Wildman–Crippen LogP) is 1.68. The Morgan fingerprint density at radius 1 is 1.03 bits per heavy atom. The van der Waals surface area contributed by atoms with Crippen LogP contribution in [0, 0.1) is 0 Å². The van der Waals surface area contributed by atoms with Crippen LogP contribution < -0.4 is 17.0 Å². The fourth-order valence-electron chi connectivity index (χ4n) is 3.30. The molecule has 0 saturated carbocycles. The fourth-order valence-corrected chi connectivity index (χ4v) is 4.09. The molecular formula is C21H20N6O3S. The van der Waals surface area contributed by atoms with Gasteiger partial charge in [0.15, 0.2) is 16.6 Å². The van der Waals surface area contributed by atoms with E-state index in [1.807, 2.05) is 42.5 Å². The molecule has 31 heavy (non-hydrogen) atoms. The summed E-state index contributed by atoms with van der Waals surface area (Å²) in [4.78, 5) is 38.7. The number of fused-ring (bicyclic) bond motifs is 1. The second kappa shape index (κ2) is 8.60. The van der Waals surface area contributed by atoms with Crippen LogP contribution in [0.5, 0.6) is 0 Å². The molecule has 1 aromatic carbocycles. The average Bonchev–Trinajstić information content (AvgIpc) is 3.19. The Morgan fingerprint density at radius 2 is 1.77 bits per heavy atom. The van der Waals surface area contributed by atoms with Gasteiger partial charge in [0.05, 0.1) is 12.3 Å². The molecule has 4 rings (SSSR count). The third-order valence-electron chi connectivity index (χ3n) is 4.86. The molecule has 2 N–H and O–H groups in total. The maximum Gasteiger partial charge on any atom is 0.332 e. The lowest BCUT2D eigenvalue weighted by Crippen LogP contribution is -2.44. The van der Waals surface area contributed by atoms with Gasteiger partial charge in [0.2, 0.25) is 0 Å². The van der Waals surface area contributed by atoms with E-state index in [1.54, 1.807) is 23.6 Å². The van der Waals surface area contributed by atoms with Crippen LogP contribution in [-0.4, -0.2) is 35.3 Å². The van der Waals surface area contributed by atoms with Crippen LogP contribution in [0.15, 0.2) is 69.5 Å². The van der Waals surface area contributed by atoms with E-state index in [0.717, 1.165) is 21.9 Å². The number of ketones is 1. The maximum atomic E-state index is 13.0. The summed E-state index contributed by atoms with van der Waals surface area (Å²) in [5.74, 6) is -0.660. The molecule has 158 valence electrons. The van der Waals surface area contributed by atoms with Crippen LogP contribution in [0.4, 0.5) is 5.82 Å². The van der Waals surface area contributed by atoms with Crippen LogP contribution in [0.25, 0.3) is 5.65 Å². The second-order valence-electron chi connectivity index (χ2n) is 6.79. The number of carbonyl (C=O) groups is 1. The van der Waals surface area contributed by atoms with Crippen molar-refractivity contribution >= 4 is 29.0 Å². The molecule has 0 atom stereocenters. The highest BCUT2D eigenvalue weighted by Gasteiger charge is 2.23. The summed E-state index contributed by atoms with van der Waals surface area (Å²) in [5.41, 5.74) is 6.27. The second-order valence-corrected chi connectivity index (χ2v) is 7.73. The molecular weight excluding hydrogens is 416 g/mol. The largest absolute Gasteiger partial charge is 0.384 e. The Morgan fingerprint density at radius 3 is 2.52 bits per heavy atom. The maximum absolute atomic E-state index is 13.0. The zero-order valence-corrected chi connectivity index (χ0v) is 17.6. The van der Waals surface area contributed by atoms with E-state index in [-0.39, 0.29) is 30.2 Å². The van der Waals surface area contributed by atoms with Crippen LogP contribution in [0.2, 0.25) is 0 Å². The SMILES string of the molecule is CCn1c(=O)c(C(=O)CSc2nnc3ccccn23)c(N)n(Cc2ccccc2)c1=O. The van der Waals surface area contributed by atoms with Crippen LogP contribution in [0.3, 0.4) is 0 Å². The number of carbonyl (C=O) groups excluding carboxylic acids is 1. The molecule has 0 saturated heterocycles. The molecule has 0 fully saturated rings. The molecule has 0 aliphatic rings. The predicted molar refractivity (Wildman–Crippen MR) is 119 cm³/mol. The summed E-state index contributed by atoms with van der Waals surface area (Å²) in [6.45, 7) is 1.97. The molecule has 0 aliphatic heterocycles. The molecule has 0 spiro atoms. The standard InChI is InChI=1S/C21H20N6O3S/c1-2-25-19(29)17(18(22)27(21(25)30)12-14-8-4-3-5-9-14)15(28)13-31-20-24-23-16-10-6-7-11-26(16)20/h3-11H,2,12-13,22H2,1H3. The van der Waals surface area contributed by atoms with Gasteiger partial charge >= 0.3 is 5.69 Å². The molecule has 3 heterocycles. The Hall–Kier alpha value is -3.66. The summed E-state index contributed by atoms with van der Waals surface area (Å²) in [6.07, 6.45) is 1.79. The van der Waals surface area contributed by atoms with Crippen molar-refractivity contribution in [3.8, 4) is 0 Å². The van der Waals surface area contributed by atoms with Gasteiger partial charge in [0, 0.05) is 12.7 Å². The zero-order chi connectivity index (χ0) is 22.0. The van der Waals surface area contributed by atoms with Crippen LogP contribution in [0.1, 0.15) is 22.8 Å². The van der Waals surface area contributed by atoms with Crippen LogP contribution in [-0.2, 0) is 13.1 Å². The smallest absolute Gasteiger partial charge is 0.332 e. The molecule has 9 nitrogen and oxygen atoms in total. The summed E-state index contributed by atoms with van der Waals surface area (Å²) in [7, 11) is 0. The van der Waals surface area contributed by atoms with Gasteiger partial charge < -0.3 is 5.73 Å². The number of hydrogen-bond acceptors (Lipinski definition) is 7. The van der Waals surface area contributed by atoms with Crippen molar-refractivity contribution < 1.29 is 4.79 Å². The lowest BCUT2D eigenvalue weighted by molar-refractivity contribution is 0.102. The summed E-state index contributed by atoms with van der Waals surface area (Å²) in [6, 6.07) is 14.7. The van der Waals surface area contributed by atoms with Gasteiger partial charge in [-0.2, -0.15) is 0 Å². The topological polar surface area (TPSA) is 117 Å². The number of hydrogen-bond donors (Lipinski definition) is 1. The van der Waals surface area contributed by atoms with Crippen molar-refractivity contribution in [1.82, 2.24) is 23.7 Å². The molecule has 0 radical (unpaired) electrons. The minimum absolute atomic E-state index is 0.0671. The number of nitrogens with zero attached hydrogens (tertiary/aromatic N) is 5. The van der Waals surface area contributed by atoms with Crippen molar-refractivity contribution in [3.63, 3.8) is 0 Å². The summed E-state index contributed by atoms with van der Waals surface area (Å²) >= 11 is 1.15. The van der Waals surface area contributed by atoms with Gasteiger partial charge in [-0.1, -0.05) is 48.2 Å². The minimum Gasteiger partial charge on any atom is -0.384 e. The van der Waals surface area contributed by atoms with E-state index < -0.39 is 17.0 Å². The Labute approximate surface area is 181 Å². The molecule has 10 heteroatoms. The Kier molecular flexibility index (Phi) is 5.72. The highest BCUT2D eigenvalue weighted by Crippen LogP contribution is 2.19. The highest BCUT2D eigenvalue weighted by atomic mass is 32.2. The molecule has 4 aromatic rings. The number of benzene rings is 1. The van der Waals surface area contributed by atoms with E-state index in [9.17, 15) is 14.4 Å². The quantitative estimate of drug-likeness (QED) is 0.346. The molecule has 0 bridgehead atoms. The van der Waals surface area contributed by atoms with Gasteiger partial charge in [0.25, 0.3) is 5.56 Å². The van der Waals surface area contributed by atoms with Gasteiger partial charge in [-0.3, -0.25) is 23.1 Å². The lowest BCUT2D eigenvalue weighted by Gasteiger charge is -2.15.